The minimum Gasteiger partial charge on any atom is -0.481 e. The second kappa shape index (κ2) is 8.08. The summed E-state index contributed by atoms with van der Waals surface area (Å²) in [5.74, 6) is -1.11. The molecule has 1 rings (SSSR count). The molecule has 0 saturated heterocycles. The number of rotatable bonds is 2. The summed E-state index contributed by atoms with van der Waals surface area (Å²) < 4.78 is 0. The van der Waals surface area contributed by atoms with Crippen LogP contribution in [0.1, 0.15) is 39.0 Å². The van der Waals surface area contributed by atoms with E-state index in [-0.39, 0.29) is 0 Å². The zero-order chi connectivity index (χ0) is 11.7. The van der Waals surface area contributed by atoms with Crippen LogP contribution in [0.25, 0.3) is 10.4 Å². The van der Waals surface area contributed by atoms with Gasteiger partial charge in [0, 0.05) is 11.0 Å². The van der Waals surface area contributed by atoms with Gasteiger partial charge in [-0.2, -0.15) is 0 Å². The molecule has 86 valence electrons. The number of carbonyl (C=O) groups is 1. The Morgan fingerprint density at radius 3 is 2.27 bits per heavy atom. The highest BCUT2D eigenvalue weighted by Gasteiger charge is 2.06. The summed E-state index contributed by atoms with van der Waals surface area (Å²) >= 11 is 0. The molecule has 1 aliphatic carbocycles. The molecule has 1 saturated carbocycles. The van der Waals surface area contributed by atoms with E-state index < -0.39 is 12.0 Å². The summed E-state index contributed by atoms with van der Waals surface area (Å²) in [4.78, 5) is 12.1. The summed E-state index contributed by atoms with van der Waals surface area (Å²) in [6.07, 6.45) is 6.66. The van der Waals surface area contributed by atoms with E-state index in [9.17, 15) is 4.79 Å². The van der Waals surface area contributed by atoms with Crippen molar-refractivity contribution in [3.63, 3.8) is 0 Å². The lowest BCUT2D eigenvalue weighted by Gasteiger charge is -2.15. The maximum Gasteiger partial charge on any atom is 0.312 e. The minimum atomic E-state index is -1.11. The van der Waals surface area contributed by atoms with Crippen molar-refractivity contribution in [2.45, 2.75) is 51.1 Å². The van der Waals surface area contributed by atoms with Crippen LogP contribution in [0.15, 0.2) is 5.11 Å². The van der Waals surface area contributed by atoms with Gasteiger partial charge >= 0.3 is 5.97 Å². The van der Waals surface area contributed by atoms with Crippen LogP contribution in [-0.4, -0.2) is 23.2 Å². The maximum atomic E-state index is 9.82. The van der Waals surface area contributed by atoms with Crippen molar-refractivity contribution in [1.82, 2.24) is 0 Å². The van der Waals surface area contributed by atoms with Crippen LogP contribution in [0.5, 0.6) is 0 Å². The quantitative estimate of drug-likeness (QED) is 0.416. The molecule has 1 atom stereocenters. The van der Waals surface area contributed by atoms with E-state index in [1.165, 1.54) is 39.0 Å². The molecule has 1 unspecified atom stereocenters. The number of aliphatic carboxylic acids is 1. The summed E-state index contributed by atoms with van der Waals surface area (Å²) in [5, 5.41) is 11.0. The van der Waals surface area contributed by atoms with E-state index >= 15 is 0 Å². The van der Waals surface area contributed by atoms with Crippen molar-refractivity contribution in [1.29, 1.82) is 0 Å². The van der Waals surface area contributed by atoms with E-state index in [0.29, 0.717) is 6.04 Å². The van der Waals surface area contributed by atoms with E-state index in [4.69, 9.17) is 16.4 Å². The Bertz CT molecular complexity index is 230. The molecule has 3 N–H and O–H groups in total. The Kier molecular flexibility index (Phi) is 7.40. The average Bonchev–Trinajstić information content (AvgIpc) is 2.20. The normalized spacial score (nSPS) is 18.0. The van der Waals surface area contributed by atoms with Crippen LogP contribution < -0.4 is 5.73 Å². The van der Waals surface area contributed by atoms with E-state index in [1.807, 2.05) is 0 Å². The van der Waals surface area contributed by atoms with Gasteiger partial charge < -0.3 is 10.8 Å². The number of carboxylic acids is 1. The molecule has 0 aromatic rings. The van der Waals surface area contributed by atoms with Crippen LogP contribution in [0.3, 0.4) is 0 Å². The lowest BCUT2D eigenvalue weighted by atomic mass is 9.97. The molecule has 0 bridgehead atoms. The Morgan fingerprint density at radius 2 is 2.07 bits per heavy atom. The molecule has 0 spiro atoms. The Labute approximate surface area is 89.1 Å². The molecule has 6 nitrogen and oxygen atoms in total. The fraction of sp³-hybridized carbons (Fsp3) is 0.889. The van der Waals surface area contributed by atoms with Gasteiger partial charge in [-0.25, -0.2) is 0 Å². The van der Waals surface area contributed by atoms with Crippen molar-refractivity contribution >= 4 is 5.97 Å². The van der Waals surface area contributed by atoms with Crippen molar-refractivity contribution in [2.75, 3.05) is 0 Å². The minimum absolute atomic E-state index is 0.536. The fourth-order valence-corrected chi connectivity index (χ4v) is 1.26. The smallest absolute Gasteiger partial charge is 0.312 e. The summed E-state index contributed by atoms with van der Waals surface area (Å²) in [6, 6.07) is -0.422. The standard InChI is InChI=1S/C6H13N.C3H5N3O2/c7-6-4-2-1-3-5-6;1-2(3(7)8)5-6-4/h6H,1-5,7H2;2H,1H3,(H,7,8). The number of carboxylic acid groups (broad SMARTS) is 1. The van der Waals surface area contributed by atoms with E-state index in [0.717, 1.165) is 0 Å². The second-order valence-electron chi connectivity index (χ2n) is 3.62. The van der Waals surface area contributed by atoms with Gasteiger partial charge in [-0.05, 0) is 25.3 Å². The van der Waals surface area contributed by atoms with Crippen molar-refractivity contribution in [2.24, 2.45) is 10.8 Å². The Morgan fingerprint density at radius 1 is 1.53 bits per heavy atom. The highest BCUT2D eigenvalue weighted by Crippen LogP contribution is 2.14. The van der Waals surface area contributed by atoms with Gasteiger partial charge in [-0.3, -0.25) is 4.79 Å². The summed E-state index contributed by atoms with van der Waals surface area (Å²) in [5.41, 5.74) is 13.3. The maximum absolute atomic E-state index is 9.82. The van der Waals surface area contributed by atoms with Gasteiger partial charge in [-0.15, -0.1) is 0 Å². The van der Waals surface area contributed by atoms with Gasteiger partial charge in [0.25, 0.3) is 0 Å². The lowest BCUT2D eigenvalue weighted by molar-refractivity contribution is -0.138. The molecule has 0 heterocycles. The third-order valence-corrected chi connectivity index (χ3v) is 2.23. The second-order valence-corrected chi connectivity index (χ2v) is 3.62. The first-order chi connectivity index (χ1) is 7.07. The zero-order valence-electron chi connectivity index (χ0n) is 8.96. The monoisotopic (exact) mass is 214 g/mol. The summed E-state index contributed by atoms with van der Waals surface area (Å²) in [6.45, 7) is 1.31. The van der Waals surface area contributed by atoms with Crippen LogP contribution in [0, 0.1) is 0 Å². The largest absolute Gasteiger partial charge is 0.481 e. The Hall–Kier alpha value is -1.26. The average molecular weight is 214 g/mol. The predicted molar refractivity (Wildman–Crippen MR) is 57.3 cm³/mol. The van der Waals surface area contributed by atoms with E-state index in [1.54, 1.807) is 0 Å². The Balaban J connectivity index is 0.000000262. The van der Waals surface area contributed by atoms with Crippen LogP contribution >= 0.6 is 0 Å². The van der Waals surface area contributed by atoms with Crippen molar-refractivity contribution < 1.29 is 9.90 Å². The first kappa shape index (κ1) is 13.7. The highest BCUT2D eigenvalue weighted by atomic mass is 16.4. The van der Waals surface area contributed by atoms with Gasteiger partial charge in [-0.1, -0.05) is 24.4 Å². The molecule has 1 aliphatic rings. The number of hydrogen-bond donors (Lipinski definition) is 2. The molecule has 0 amide bonds. The van der Waals surface area contributed by atoms with Crippen LogP contribution in [0.4, 0.5) is 0 Å². The van der Waals surface area contributed by atoms with Crippen LogP contribution in [0.2, 0.25) is 0 Å². The summed E-state index contributed by atoms with van der Waals surface area (Å²) in [7, 11) is 0. The third kappa shape index (κ3) is 7.78. The molecular formula is C9H18N4O2. The van der Waals surface area contributed by atoms with E-state index in [2.05, 4.69) is 10.0 Å². The van der Waals surface area contributed by atoms with Crippen molar-refractivity contribution in [3.8, 4) is 0 Å². The molecule has 6 heteroatoms. The number of nitrogens with two attached hydrogens (primary N) is 1. The number of azide groups is 1. The molecule has 15 heavy (non-hydrogen) atoms. The molecule has 0 aromatic heterocycles. The molecule has 0 aromatic carbocycles. The SMILES string of the molecule is CC(N=[N+]=[N-])C(=O)O.NC1CCCCC1. The van der Waals surface area contributed by atoms with Crippen molar-refractivity contribution in [3.05, 3.63) is 10.4 Å². The van der Waals surface area contributed by atoms with Gasteiger partial charge in [0.05, 0.1) is 0 Å². The molecular weight excluding hydrogens is 196 g/mol. The number of nitrogens with zero attached hydrogens (tertiary/aromatic N) is 3. The first-order valence-electron chi connectivity index (χ1n) is 5.10. The molecule has 1 fully saturated rings. The fourth-order valence-electron chi connectivity index (χ4n) is 1.26. The number of hydrogen-bond acceptors (Lipinski definition) is 3. The molecule has 0 aliphatic heterocycles. The van der Waals surface area contributed by atoms with Crippen LogP contribution in [-0.2, 0) is 4.79 Å². The van der Waals surface area contributed by atoms with Gasteiger partial charge in [0.2, 0.25) is 0 Å². The topological polar surface area (TPSA) is 112 Å². The third-order valence-electron chi connectivity index (χ3n) is 2.23. The lowest BCUT2D eigenvalue weighted by Crippen LogP contribution is -2.22. The molecule has 0 radical (unpaired) electrons. The first-order valence-corrected chi connectivity index (χ1v) is 5.10. The zero-order valence-corrected chi connectivity index (χ0v) is 8.96. The predicted octanol–water partition coefficient (Wildman–Crippen LogP) is 2.05. The highest BCUT2D eigenvalue weighted by molar-refractivity contribution is 5.72. The van der Waals surface area contributed by atoms with Gasteiger partial charge in [0.1, 0.15) is 6.04 Å². The van der Waals surface area contributed by atoms with Gasteiger partial charge in [0.15, 0.2) is 0 Å².